The molecule has 1 aromatic heterocycles. The van der Waals surface area contributed by atoms with Crippen molar-refractivity contribution in [3.63, 3.8) is 0 Å². The van der Waals surface area contributed by atoms with E-state index in [1.165, 1.54) is 6.20 Å². The monoisotopic (exact) mass is 490 g/mol. The van der Waals surface area contributed by atoms with Gasteiger partial charge in [-0.25, -0.2) is 13.1 Å². The quantitative estimate of drug-likeness (QED) is 0.529. The zero-order valence-electron chi connectivity index (χ0n) is 19.3. The van der Waals surface area contributed by atoms with Gasteiger partial charge in [0.25, 0.3) is 5.91 Å². The van der Waals surface area contributed by atoms with Gasteiger partial charge in [-0.15, -0.1) is 0 Å². The number of hydrogen-bond donors (Lipinski definition) is 2. The molecule has 0 atom stereocenters. The van der Waals surface area contributed by atoms with Crippen LogP contribution in [0.1, 0.15) is 27.0 Å². The van der Waals surface area contributed by atoms with E-state index in [0.717, 1.165) is 55.8 Å². The number of nitrogens with zero attached hydrogens (tertiary/aromatic N) is 3. The summed E-state index contributed by atoms with van der Waals surface area (Å²) in [5.41, 5.74) is 4.04. The van der Waals surface area contributed by atoms with Gasteiger partial charge in [0.2, 0.25) is 10.0 Å². The maximum absolute atomic E-state index is 12.0. The predicted molar refractivity (Wildman–Crippen MR) is 135 cm³/mol. The van der Waals surface area contributed by atoms with Crippen LogP contribution >= 0.6 is 0 Å². The molecule has 1 aliphatic heterocycles. The summed E-state index contributed by atoms with van der Waals surface area (Å²) in [4.78, 5) is 20.6. The minimum atomic E-state index is -3.59. The summed E-state index contributed by atoms with van der Waals surface area (Å²) in [6.45, 7) is 4.18. The molecule has 9 heteroatoms. The number of benzene rings is 2. The number of nitrogens with one attached hydrogen (secondary N) is 1. The molecule has 1 saturated heterocycles. The Morgan fingerprint density at radius 1 is 1.03 bits per heavy atom. The fourth-order valence-corrected chi connectivity index (χ4v) is 4.33. The van der Waals surface area contributed by atoms with Gasteiger partial charge in [0.05, 0.1) is 12.5 Å². The zero-order chi connectivity index (χ0) is 24.8. The first-order valence-electron chi connectivity index (χ1n) is 11.1. The molecule has 0 spiro atoms. The van der Waals surface area contributed by atoms with Gasteiger partial charge in [-0.05, 0) is 42.0 Å². The van der Waals surface area contributed by atoms with Crippen molar-refractivity contribution in [2.75, 3.05) is 37.3 Å². The Kier molecular flexibility index (Phi) is 7.34. The van der Waals surface area contributed by atoms with Gasteiger partial charge < -0.3 is 10.0 Å². The first-order valence-corrected chi connectivity index (χ1v) is 13.0. The summed E-state index contributed by atoms with van der Waals surface area (Å²) in [6, 6.07) is 16.6. The third-order valence-electron chi connectivity index (χ3n) is 5.62. The highest BCUT2D eigenvalue weighted by atomic mass is 32.2. The van der Waals surface area contributed by atoms with Crippen molar-refractivity contribution >= 4 is 21.6 Å². The number of amides is 1. The van der Waals surface area contributed by atoms with Crippen LogP contribution in [0.5, 0.6) is 5.75 Å². The molecule has 1 aliphatic rings. The Morgan fingerprint density at radius 2 is 1.74 bits per heavy atom. The van der Waals surface area contributed by atoms with E-state index in [2.05, 4.69) is 32.7 Å². The van der Waals surface area contributed by atoms with E-state index < -0.39 is 15.9 Å². The first kappa shape index (κ1) is 24.3. The molecule has 0 bridgehead atoms. The molecule has 35 heavy (non-hydrogen) atoms. The van der Waals surface area contributed by atoms with Crippen molar-refractivity contribution in [3.8, 4) is 17.6 Å². The third-order valence-corrected chi connectivity index (χ3v) is 6.18. The van der Waals surface area contributed by atoms with Crippen LogP contribution < -0.4 is 9.62 Å². The van der Waals surface area contributed by atoms with Gasteiger partial charge in [0, 0.05) is 61.3 Å². The molecule has 0 saturated carbocycles. The van der Waals surface area contributed by atoms with Crippen LogP contribution in [0.3, 0.4) is 0 Å². The molecule has 1 fully saturated rings. The number of pyridine rings is 1. The molecule has 0 aliphatic carbocycles. The Balaban J connectivity index is 1.36. The fraction of sp³-hybridized carbons (Fsp3) is 0.231. The summed E-state index contributed by atoms with van der Waals surface area (Å²) in [5.74, 6) is 5.73. The molecular weight excluding hydrogens is 464 g/mol. The Morgan fingerprint density at radius 3 is 2.43 bits per heavy atom. The van der Waals surface area contributed by atoms with Crippen LogP contribution in [-0.4, -0.2) is 61.8 Å². The molecule has 2 N–H and O–H groups in total. The first-order chi connectivity index (χ1) is 16.8. The summed E-state index contributed by atoms with van der Waals surface area (Å²) in [7, 11) is -3.59. The second-order valence-electron chi connectivity index (χ2n) is 8.35. The van der Waals surface area contributed by atoms with Gasteiger partial charge in [-0.2, -0.15) is 0 Å². The second-order valence-corrected chi connectivity index (χ2v) is 10.1. The lowest BCUT2D eigenvalue weighted by Gasteiger charge is -2.36. The molecule has 4 rings (SSSR count). The van der Waals surface area contributed by atoms with Crippen molar-refractivity contribution in [1.82, 2.24) is 14.6 Å². The molecule has 8 nitrogen and oxygen atoms in total. The van der Waals surface area contributed by atoms with Crippen LogP contribution in [0.15, 0.2) is 67.0 Å². The van der Waals surface area contributed by atoms with Gasteiger partial charge in [-0.1, -0.05) is 30.0 Å². The normalized spacial score (nSPS) is 14.1. The lowest BCUT2D eigenvalue weighted by Crippen LogP contribution is -2.46. The van der Waals surface area contributed by atoms with Crippen molar-refractivity contribution in [2.24, 2.45) is 0 Å². The topological polar surface area (TPSA) is 103 Å². The van der Waals surface area contributed by atoms with Crippen molar-refractivity contribution in [2.45, 2.75) is 6.54 Å². The zero-order valence-corrected chi connectivity index (χ0v) is 20.1. The lowest BCUT2D eigenvalue weighted by atomic mass is 10.1. The highest BCUT2D eigenvalue weighted by Crippen LogP contribution is 2.19. The minimum absolute atomic E-state index is 0.0924. The molecule has 2 aromatic carbocycles. The summed E-state index contributed by atoms with van der Waals surface area (Å²) >= 11 is 0. The molecule has 0 radical (unpaired) electrons. The minimum Gasteiger partial charge on any atom is -0.506 e. The molecule has 3 aromatic rings. The number of rotatable bonds is 5. The average Bonchev–Trinajstić information content (AvgIpc) is 2.83. The van der Waals surface area contributed by atoms with Crippen LogP contribution in [0.25, 0.3) is 0 Å². The number of anilines is 1. The number of sulfonamides is 1. The smallest absolute Gasteiger partial charge is 0.264 e. The van der Waals surface area contributed by atoms with E-state index in [4.69, 9.17) is 0 Å². The van der Waals surface area contributed by atoms with Gasteiger partial charge in [0.1, 0.15) is 5.75 Å². The highest BCUT2D eigenvalue weighted by Gasteiger charge is 2.19. The SMILES string of the molecule is CS(=O)(=O)NC(=O)c1ccc(N2CCN(Cc3ccccc3C#Cc3cncc(O)c3)CC2)cc1. The number of carbonyl (C=O) groups is 1. The summed E-state index contributed by atoms with van der Waals surface area (Å²) in [6.07, 6.45) is 3.96. The maximum Gasteiger partial charge on any atom is 0.264 e. The second kappa shape index (κ2) is 10.6. The van der Waals surface area contributed by atoms with E-state index in [1.807, 2.05) is 35.1 Å². The molecule has 0 unspecified atom stereocenters. The molecule has 2 heterocycles. The average molecular weight is 491 g/mol. The lowest BCUT2D eigenvalue weighted by molar-refractivity contribution is 0.0981. The fourth-order valence-electron chi connectivity index (χ4n) is 3.87. The summed E-state index contributed by atoms with van der Waals surface area (Å²) in [5, 5.41) is 9.58. The van der Waals surface area contributed by atoms with E-state index in [-0.39, 0.29) is 5.75 Å². The van der Waals surface area contributed by atoms with Gasteiger partial charge in [0.15, 0.2) is 0 Å². The number of aromatic nitrogens is 1. The molecule has 180 valence electrons. The largest absolute Gasteiger partial charge is 0.506 e. The number of aromatic hydroxyl groups is 1. The van der Waals surface area contributed by atoms with Crippen molar-refractivity contribution in [3.05, 3.63) is 89.2 Å². The van der Waals surface area contributed by atoms with Crippen LogP contribution in [0.4, 0.5) is 5.69 Å². The number of piperazine rings is 1. The highest BCUT2D eigenvalue weighted by molar-refractivity contribution is 7.89. The van der Waals surface area contributed by atoms with Crippen molar-refractivity contribution < 1.29 is 18.3 Å². The third kappa shape index (κ3) is 6.82. The molecule has 1 amide bonds. The Labute approximate surface area is 205 Å². The van der Waals surface area contributed by atoms with E-state index >= 15 is 0 Å². The Bertz CT molecular complexity index is 1370. The molecular formula is C26H26N4O4S. The van der Waals surface area contributed by atoms with E-state index in [1.54, 1.807) is 24.4 Å². The Hall–Kier alpha value is -3.87. The standard InChI is InChI=1S/C26H26N4O4S/c1-35(33,34)28-26(32)22-8-10-24(11-9-22)30-14-12-29(13-15-30)19-23-5-3-2-4-21(23)7-6-20-16-25(31)18-27-17-20/h2-5,8-11,16-18,31H,12-15,19H2,1H3,(H,28,32). The number of hydrogen-bond acceptors (Lipinski definition) is 7. The number of carbonyl (C=O) groups excluding carboxylic acids is 1. The van der Waals surface area contributed by atoms with Gasteiger partial charge >= 0.3 is 0 Å². The van der Waals surface area contributed by atoms with Crippen LogP contribution in [-0.2, 0) is 16.6 Å². The van der Waals surface area contributed by atoms with E-state index in [9.17, 15) is 18.3 Å². The summed E-state index contributed by atoms with van der Waals surface area (Å²) < 4.78 is 24.5. The van der Waals surface area contributed by atoms with Crippen LogP contribution in [0.2, 0.25) is 0 Å². The van der Waals surface area contributed by atoms with Gasteiger partial charge in [-0.3, -0.25) is 14.7 Å². The van der Waals surface area contributed by atoms with Crippen molar-refractivity contribution in [1.29, 1.82) is 0 Å². The van der Waals surface area contributed by atoms with E-state index in [0.29, 0.717) is 11.1 Å². The predicted octanol–water partition coefficient (Wildman–Crippen LogP) is 2.20. The maximum atomic E-state index is 12.0. The van der Waals surface area contributed by atoms with Crippen LogP contribution in [0, 0.1) is 11.8 Å².